The molecule has 0 aliphatic heterocycles. The SMILES string of the molecule is CCOC(=O)c1c(-c2ccc(C)cc2)csc1NC(=O)c1nn(C)c2ccccc2c1=O. The monoisotopic (exact) mass is 447 g/mol. The number of nitrogens with one attached hydrogen (secondary N) is 1. The maximum Gasteiger partial charge on any atom is 0.341 e. The number of fused-ring (bicyclic) bond motifs is 1. The van der Waals surface area contributed by atoms with Gasteiger partial charge in [0.1, 0.15) is 10.6 Å². The molecule has 2 aromatic heterocycles. The number of esters is 1. The molecule has 0 spiro atoms. The fraction of sp³-hybridized carbons (Fsp3) is 0.167. The van der Waals surface area contributed by atoms with E-state index in [1.807, 2.05) is 31.2 Å². The van der Waals surface area contributed by atoms with E-state index in [-0.39, 0.29) is 17.9 Å². The molecular weight excluding hydrogens is 426 g/mol. The largest absolute Gasteiger partial charge is 0.462 e. The third kappa shape index (κ3) is 3.92. The van der Waals surface area contributed by atoms with Gasteiger partial charge in [0.15, 0.2) is 5.69 Å². The van der Waals surface area contributed by atoms with E-state index >= 15 is 0 Å². The van der Waals surface area contributed by atoms with Crippen LogP contribution in [0.3, 0.4) is 0 Å². The summed E-state index contributed by atoms with van der Waals surface area (Å²) in [7, 11) is 1.67. The molecule has 162 valence electrons. The first-order valence-corrected chi connectivity index (χ1v) is 10.9. The normalized spacial score (nSPS) is 10.8. The molecule has 0 unspecified atom stereocenters. The molecule has 1 N–H and O–H groups in total. The quantitative estimate of drug-likeness (QED) is 0.458. The summed E-state index contributed by atoms with van der Waals surface area (Å²) in [4.78, 5) is 38.6. The summed E-state index contributed by atoms with van der Waals surface area (Å²) in [5.41, 5.74) is 2.74. The number of benzene rings is 2. The van der Waals surface area contributed by atoms with Crippen LogP contribution >= 0.6 is 11.3 Å². The average molecular weight is 448 g/mol. The van der Waals surface area contributed by atoms with Crippen LogP contribution in [-0.4, -0.2) is 28.3 Å². The number of hydrogen-bond donors (Lipinski definition) is 1. The van der Waals surface area contributed by atoms with Crippen LogP contribution in [0.4, 0.5) is 5.00 Å². The Labute approximate surface area is 188 Å². The highest BCUT2D eigenvalue weighted by Crippen LogP contribution is 2.36. The summed E-state index contributed by atoms with van der Waals surface area (Å²) in [5.74, 6) is -1.22. The van der Waals surface area contributed by atoms with Gasteiger partial charge in [-0.25, -0.2) is 4.79 Å². The molecule has 0 saturated heterocycles. The van der Waals surface area contributed by atoms with Gasteiger partial charge in [0.2, 0.25) is 5.43 Å². The van der Waals surface area contributed by atoms with Gasteiger partial charge < -0.3 is 10.1 Å². The number of aryl methyl sites for hydroxylation is 2. The van der Waals surface area contributed by atoms with Crippen molar-refractivity contribution in [3.63, 3.8) is 0 Å². The molecule has 4 aromatic rings. The number of carbonyl (C=O) groups is 2. The summed E-state index contributed by atoms with van der Waals surface area (Å²) < 4.78 is 6.73. The Hall–Kier alpha value is -3.78. The second kappa shape index (κ2) is 8.76. The predicted octanol–water partition coefficient (Wildman–Crippen LogP) is 4.40. The maximum atomic E-state index is 13.0. The van der Waals surface area contributed by atoms with E-state index < -0.39 is 17.3 Å². The molecule has 0 aliphatic rings. The molecule has 7 nitrogen and oxygen atoms in total. The first-order chi connectivity index (χ1) is 15.4. The van der Waals surface area contributed by atoms with Crippen molar-refractivity contribution in [3.8, 4) is 11.1 Å². The molecule has 2 aromatic carbocycles. The third-order valence-electron chi connectivity index (χ3n) is 5.04. The van der Waals surface area contributed by atoms with Crippen molar-refractivity contribution in [1.82, 2.24) is 9.78 Å². The molecule has 0 bridgehead atoms. The van der Waals surface area contributed by atoms with Crippen molar-refractivity contribution in [2.24, 2.45) is 7.05 Å². The molecular formula is C24H21N3O4S. The lowest BCUT2D eigenvalue weighted by atomic mass is 10.0. The fourth-order valence-corrected chi connectivity index (χ4v) is 4.39. The number of para-hydroxylation sites is 1. The highest BCUT2D eigenvalue weighted by Gasteiger charge is 2.25. The number of amides is 1. The van der Waals surface area contributed by atoms with E-state index in [0.29, 0.717) is 21.5 Å². The van der Waals surface area contributed by atoms with Crippen molar-refractivity contribution in [1.29, 1.82) is 0 Å². The lowest BCUT2D eigenvalue weighted by Gasteiger charge is -2.10. The molecule has 8 heteroatoms. The van der Waals surface area contributed by atoms with Crippen LogP contribution in [0, 0.1) is 6.92 Å². The van der Waals surface area contributed by atoms with E-state index in [9.17, 15) is 14.4 Å². The van der Waals surface area contributed by atoms with Gasteiger partial charge in [-0.1, -0.05) is 42.0 Å². The molecule has 2 heterocycles. The predicted molar refractivity (Wildman–Crippen MR) is 125 cm³/mol. The topological polar surface area (TPSA) is 90.3 Å². The summed E-state index contributed by atoms with van der Waals surface area (Å²) in [5, 5.41) is 9.36. The molecule has 1 amide bonds. The Morgan fingerprint density at radius 3 is 2.56 bits per heavy atom. The minimum absolute atomic E-state index is 0.197. The van der Waals surface area contributed by atoms with E-state index in [4.69, 9.17) is 4.74 Å². The first-order valence-electron chi connectivity index (χ1n) is 10.0. The second-order valence-electron chi connectivity index (χ2n) is 7.21. The van der Waals surface area contributed by atoms with Crippen molar-refractivity contribution in [2.75, 3.05) is 11.9 Å². The third-order valence-corrected chi connectivity index (χ3v) is 5.93. The average Bonchev–Trinajstić information content (AvgIpc) is 3.20. The zero-order valence-corrected chi connectivity index (χ0v) is 18.7. The Balaban J connectivity index is 1.76. The van der Waals surface area contributed by atoms with Gasteiger partial charge in [0.05, 0.1) is 12.1 Å². The standard InChI is InChI=1S/C24H21N3O4S/c1-4-31-24(30)19-17(15-11-9-14(2)10-12-15)13-32-23(19)25-22(29)20-21(28)16-7-5-6-8-18(16)27(3)26-20/h5-13H,4H2,1-3H3,(H,25,29). The van der Waals surface area contributed by atoms with Crippen LogP contribution in [-0.2, 0) is 11.8 Å². The van der Waals surface area contributed by atoms with E-state index in [2.05, 4.69) is 10.4 Å². The molecule has 0 aliphatic carbocycles. The molecule has 0 atom stereocenters. The van der Waals surface area contributed by atoms with Crippen LogP contribution in [0.5, 0.6) is 0 Å². The first kappa shape index (κ1) is 21.5. The van der Waals surface area contributed by atoms with E-state index in [1.54, 1.807) is 43.6 Å². The Kier molecular flexibility index (Phi) is 5.87. The number of anilines is 1. The van der Waals surface area contributed by atoms with Crippen molar-refractivity contribution < 1.29 is 14.3 Å². The van der Waals surface area contributed by atoms with Gasteiger partial charge in [-0.2, -0.15) is 5.10 Å². The van der Waals surface area contributed by atoms with Crippen LogP contribution < -0.4 is 10.7 Å². The second-order valence-corrected chi connectivity index (χ2v) is 8.09. The van der Waals surface area contributed by atoms with Gasteiger partial charge in [-0.3, -0.25) is 14.3 Å². The minimum Gasteiger partial charge on any atom is -0.462 e. The highest BCUT2D eigenvalue weighted by atomic mass is 32.1. The molecule has 0 radical (unpaired) electrons. The number of carbonyl (C=O) groups excluding carboxylic acids is 2. The zero-order valence-electron chi connectivity index (χ0n) is 17.8. The van der Waals surface area contributed by atoms with Crippen LogP contribution in [0.2, 0.25) is 0 Å². The van der Waals surface area contributed by atoms with Gasteiger partial charge >= 0.3 is 5.97 Å². The summed E-state index contributed by atoms with van der Waals surface area (Å²) >= 11 is 1.20. The lowest BCUT2D eigenvalue weighted by molar-refractivity contribution is 0.0529. The Morgan fingerprint density at radius 2 is 1.84 bits per heavy atom. The Morgan fingerprint density at radius 1 is 1.12 bits per heavy atom. The van der Waals surface area contributed by atoms with E-state index in [0.717, 1.165) is 11.1 Å². The zero-order chi connectivity index (χ0) is 22.8. The number of rotatable bonds is 5. The fourth-order valence-electron chi connectivity index (χ4n) is 3.44. The number of hydrogen-bond acceptors (Lipinski definition) is 6. The van der Waals surface area contributed by atoms with Crippen LogP contribution in [0.1, 0.15) is 33.3 Å². The van der Waals surface area contributed by atoms with Crippen LogP contribution in [0.15, 0.2) is 58.7 Å². The lowest BCUT2D eigenvalue weighted by Crippen LogP contribution is -2.26. The van der Waals surface area contributed by atoms with Crippen LogP contribution in [0.25, 0.3) is 22.0 Å². The molecule has 4 rings (SSSR count). The van der Waals surface area contributed by atoms with Gasteiger partial charge in [0.25, 0.3) is 5.91 Å². The summed E-state index contributed by atoms with van der Waals surface area (Å²) in [6.45, 7) is 3.89. The number of nitrogens with zero attached hydrogens (tertiary/aromatic N) is 2. The molecule has 0 saturated carbocycles. The summed E-state index contributed by atoms with van der Waals surface area (Å²) in [6.07, 6.45) is 0. The van der Waals surface area contributed by atoms with Crippen molar-refractivity contribution >= 4 is 39.1 Å². The van der Waals surface area contributed by atoms with Gasteiger partial charge in [0, 0.05) is 23.4 Å². The smallest absolute Gasteiger partial charge is 0.341 e. The summed E-state index contributed by atoms with van der Waals surface area (Å²) in [6, 6.07) is 14.7. The molecule has 32 heavy (non-hydrogen) atoms. The van der Waals surface area contributed by atoms with E-state index in [1.165, 1.54) is 16.0 Å². The van der Waals surface area contributed by atoms with Gasteiger partial charge in [-0.15, -0.1) is 11.3 Å². The van der Waals surface area contributed by atoms with Gasteiger partial charge in [-0.05, 0) is 31.5 Å². The number of aromatic nitrogens is 2. The Bertz CT molecular complexity index is 1390. The highest BCUT2D eigenvalue weighted by molar-refractivity contribution is 7.15. The minimum atomic E-state index is -0.681. The number of ether oxygens (including phenoxy) is 1. The number of thiophene rings is 1. The molecule has 0 fully saturated rings. The van der Waals surface area contributed by atoms with Crippen molar-refractivity contribution in [2.45, 2.75) is 13.8 Å². The maximum absolute atomic E-state index is 13.0. The van der Waals surface area contributed by atoms with Crippen molar-refractivity contribution in [3.05, 3.63) is 81.0 Å².